The van der Waals surface area contributed by atoms with Crippen LogP contribution in [0.1, 0.15) is 50.5 Å². The SMILES string of the molecule is [2H]C1(c2ccc(-c3cc[n+](C)c(-c4ccccc4C)c3)cc2)CC2CCC1CC2. The molecule has 1 unspecified atom stereocenters. The van der Waals surface area contributed by atoms with Crippen LogP contribution in [0.2, 0.25) is 0 Å². The molecule has 28 heavy (non-hydrogen) atoms. The zero-order chi connectivity index (χ0) is 20.0. The van der Waals surface area contributed by atoms with Crippen molar-refractivity contribution in [3.63, 3.8) is 0 Å². The minimum atomic E-state index is -0.366. The summed E-state index contributed by atoms with van der Waals surface area (Å²) in [6, 6.07) is 21.9. The maximum Gasteiger partial charge on any atom is 0.213 e. The standard InChI is InChI=1S/C27H30N/c1-19-5-3-4-6-25(19)27-18-24(15-16-28(27)2)21-11-13-23(14-12-21)26-17-20-7-9-22(26)10-8-20/h3-6,11-16,18,20,22,26H,7-10,17H2,1-2H3/q+1/i26D. The molecule has 2 bridgehead atoms. The van der Waals surface area contributed by atoms with Crippen molar-refractivity contribution in [3.8, 4) is 22.4 Å². The van der Waals surface area contributed by atoms with Crippen LogP contribution in [-0.2, 0) is 7.05 Å². The molecule has 2 aromatic carbocycles. The quantitative estimate of drug-likeness (QED) is 0.467. The van der Waals surface area contributed by atoms with E-state index in [0.29, 0.717) is 5.92 Å². The number of fused-ring (bicyclic) bond motifs is 3. The Kier molecular flexibility index (Phi) is 4.25. The van der Waals surface area contributed by atoms with E-state index >= 15 is 0 Å². The van der Waals surface area contributed by atoms with Crippen molar-refractivity contribution in [2.24, 2.45) is 18.9 Å². The lowest BCUT2D eigenvalue weighted by Gasteiger charge is -2.42. The molecule has 0 radical (unpaired) electrons. The van der Waals surface area contributed by atoms with Crippen LogP contribution >= 0.6 is 0 Å². The lowest BCUT2D eigenvalue weighted by atomic mass is 9.63. The first-order valence-corrected chi connectivity index (χ1v) is 10.7. The number of nitrogens with zero attached hydrogens (tertiary/aromatic N) is 1. The molecule has 3 saturated carbocycles. The Balaban J connectivity index is 1.48. The van der Waals surface area contributed by atoms with Crippen LogP contribution in [0.25, 0.3) is 22.4 Å². The Morgan fingerprint density at radius 2 is 1.64 bits per heavy atom. The van der Waals surface area contributed by atoms with E-state index in [1.54, 1.807) is 0 Å². The van der Waals surface area contributed by atoms with Gasteiger partial charge in [-0.3, -0.25) is 0 Å². The van der Waals surface area contributed by atoms with Gasteiger partial charge in [0.2, 0.25) is 5.69 Å². The summed E-state index contributed by atoms with van der Waals surface area (Å²) in [5.74, 6) is 0.944. The van der Waals surface area contributed by atoms with Gasteiger partial charge in [0.15, 0.2) is 6.20 Å². The molecule has 0 N–H and O–H groups in total. The molecule has 3 fully saturated rings. The van der Waals surface area contributed by atoms with Crippen molar-refractivity contribution in [1.82, 2.24) is 0 Å². The second kappa shape index (κ2) is 7.20. The molecule has 1 heterocycles. The number of benzene rings is 2. The Hall–Kier alpha value is -2.41. The molecule has 3 aromatic rings. The predicted molar refractivity (Wildman–Crippen MR) is 116 cm³/mol. The Morgan fingerprint density at radius 1 is 0.893 bits per heavy atom. The molecule has 0 amide bonds. The van der Waals surface area contributed by atoms with E-state index in [0.717, 1.165) is 12.3 Å². The molecule has 3 aliphatic rings. The summed E-state index contributed by atoms with van der Waals surface area (Å²) in [5.41, 5.74) is 7.48. The van der Waals surface area contributed by atoms with E-state index < -0.39 is 0 Å². The average molecular weight is 370 g/mol. The van der Waals surface area contributed by atoms with Crippen LogP contribution in [0.4, 0.5) is 0 Å². The highest BCUT2D eigenvalue weighted by Gasteiger charge is 2.36. The smallest absolute Gasteiger partial charge is 0.201 e. The van der Waals surface area contributed by atoms with Crippen LogP contribution in [-0.4, -0.2) is 0 Å². The summed E-state index contributed by atoms with van der Waals surface area (Å²) < 4.78 is 11.4. The topological polar surface area (TPSA) is 3.88 Å². The molecule has 1 atom stereocenters. The fourth-order valence-corrected chi connectivity index (χ4v) is 5.30. The van der Waals surface area contributed by atoms with Gasteiger partial charge in [0.1, 0.15) is 7.05 Å². The first kappa shape index (κ1) is 16.5. The number of hydrogen-bond donors (Lipinski definition) is 0. The first-order chi connectivity index (χ1) is 14.0. The Morgan fingerprint density at radius 3 is 2.32 bits per heavy atom. The summed E-state index contributed by atoms with van der Waals surface area (Å²) in [6.45, 7) is 2.17. The van der Waals surface area contributed by atoms with Crippen LogP contribution in [0, 0.1) is 18.8 Å². The number of aromatic nitrogens is 1. The molecular weight excluding hydrogens is 338 g/mol. The van der Waals surface area contributed by atoms with E-state index in [2.05, 4.69) is 85.4 Å². The summed E-state index contributed by atoms with van der Waals surface area (Å²) >= 11 is 0. The summed E-state index contributed by atoms with van der Waals surface area (Å²) in [6.07, 6.45) is 8.36. The number of hydrogen-bond acceptors (Lipinski definition) is 0. The lowest BCUT2D eigenvalue weighted by molar-refractivity contribution is -0.660. The van der Waals surface area contributed by atoms with E-state index in [1.165, 1.54) is 59.2 Å². The highest BCUT2D eigenvalue weighted by atomic mass is 14.9. The minimum Gasteiger partial charge on any atom is -0.201 e. The van der Waals surface area contributed by atoms with Crippen LogP contribution in [0.15, 0.2) is 66.9 Å². The van der Waals surface area contributed by atoms with E-state index in [9.17, 15) is 1.37 Å². The van der Waals surface area contributed by atoms with Crippen molar-refractivity contribution in [1.29, 1.82) is 0 Å². The minimum absolute atomic E-state index is 0.366. The van der Waals surface area contributed by atoms with Crippen molar-refractivity contribution in [2.45, 2.75) is 44.9 Å². The van der Waals surface area contributed by atoms with Crippen molar-refractivity contribution < 1.29 is 5.94 Å². The third-order valence-electron chi connectivity index (χ3n) is 7.01. The second-order valence-electron chi connectivity index (χ2n) is 8.75. The van der Waals surface area contributed by atoms with Crippen molar-refractivity contribution in [2.75, 3.05) is 0 Å². The zero-order valence-electron chi connectivity index (χ0n) is 18.0. The van der Waals surface area contributed by atoms with Gasteiger partial charge < -0.3 is 0 Å². The highest BCUT2D eigenvalue weighted by Crippen LogP contribution is 2.49. The number of rotatable bonds is 3. The molecule has 142 valence electrons. The van der Waals surface area contributed by atoms with Gasteiger partial charge in [-0.1, -0.05) is 55.3 Å². The maximum atomic E-state index is 9.22. The highest BCUT2D eigenvalue weighted by molar-refractivity contribution is 5.70. The van der Waals surface area contributed by atoms with Crippen LogP contribution < -0.4 is 4.57 Å². The normalized spacial score (nSPS) is 26.9. The molecule has 1 aromatic heterocycles. The van der Waals surface area contributed by atoms with Gasteiger partial charge >= 0.3 is 0 Å². The van der Waals surface area contributed by atoms with Crippen molar-refractivity contribution in [3.05, 3.63) is 78.0 Å². The molecule has 0 saturated heterocycles. The van der Waals surface area contributed by atoms with Gasteiger partial charge in [0, 0.05) is 19.1 Å². The number of aryl methyl sites for hydroxylation is 2. The predicted octanol–water partition coefficient (Wildman–Crippen LogP) is 6.45. The lowest BCUT2D eigenvalue weighted by Crippen LogP contribution is -2.30. The molecule has 6 rings (SSSR count). The van der Waals surface area contributed by atoms with Crippen LogP contribution in [0.3, 0.4) is 0 Å². The molecule has 0 aliphatic heterocycles. The first-order valence-electron chi connectivity index (χ1n) is 11.2. The van der Waals surface area contributed by atoms with Gasteiger partial charge in [-0.25, -0.2) is 4.57 Å². The fraction of sp³-hybridized carbons (Fsp3) is 0.370. The molecule has 1 heteroatoms. The Bertz CT molecular complexity index is 1030. The van der Waals surface area contributed by atoms with Gasteiger partial charge in [-0.15, -0.1) is 0 Å². The fourth-order valence-electron chi connectivity index (χ4n) is 5.30. The summed E-state index contributed by atoms with van der Waals surface area (Å²) in [4.78, 5) is 0. The molecule has 3 aliphatic carbocycles. The Labute approximate surface area is 170 Å². The number of pyridine rings is 1. The van der Waals surface area contributed by atoms with Gasteiger partial charge in [0.05, 0.1) is 0 Å². The monoisotopic (exact) mass is 369 g/mol. The van der Waals surface area contributed by atoms with Gasteiger partial charge in [-0.2, -0.15) is 0 Å². The van der Waals surface area contributed by atoms with Gasteiger partial charge in [0.25, 0.3) is 0 Å². The average Bonchev–Trinajstić information content (AvgIpc) is 2.75. The summed E-state index contributed by atoms with van der Waals surface area (Å²) in [5, 5.41) is 0. The second-order valence-corrected chi connectivity index (χ2v) is 8.75. The molecular formula is C27H30N+. The largest absolute Gasteiger partial charge is 0.213 e. The zero-order valence-corrected chi connectivity index (χ0v) is 17.0. The van der Waals surface area contributed by atoms with Gasteiger partial charge in [-0.05, 0) is 72.2 Å². The van der Waals surface area contributed by atoms with E-state index in [-0.39, 0.29) is 5.89 Å². The summed E-state index contributed by atoms with van der Waals surface area (Å²) in [7, 11) is 2.11. The molecule has 1 nitrogen and oxygen atoms in total. The third kappa shape index (κ3) is 3.17. The molecule has 0 spiro atoms. The van der Waals surface area contributed by atoms with E-state index in [1.807, 2.05) is 0 Å². The van der Waals surface area contributed by atoms with E-state index in [4.69, 9.17) is 0 Å². The van der Waals surface area contributed by atoms with Crippen molar-refractivity contribution >= 4 is 0 Å². The third-order valence-corrected chi connectivity index (χ3v) is 7.01. The van der Waals surface area contributed by atoms with Crippen LogP contribution in [0.5, 0.6) is 0 Å². The maximum absolute atomic E-state index is 9.22.